The maximum atomic E-state index is 14.2. The maximum Gasteiger partial charge on any atom is 0.336 e. The van der Waals surface area contributed by atoms with Crippen LogP contribution in [0, 0.1) is 17.1 Å². The van der Waals surface area contributed by atoms with Crippen molar-refractivity contribution in [1.82, 2.24) is 0 Å². The number of carbonyl (C=O) groups is 1. The van der Waals surface area contributed by atoms with E-state index < -0.39 is 57.6 Å². The number of rotatable bonds is 2. The average Bonchev–Trinajstić information content (AvgIpc) is 2.90. The second-order valence-corrected chi connectivity index (χ2v) is 6.48. The standard InChI is InChI=1S/C18H8F5NO4/c19-8-3-7(6-24)4-9(5-8)28-11-2-1-10-12-13(11)15(25)16(26,27)14(12)18(22,23)17(10,20)21/h1-5,14,26-27H. The molecule has 4 rings (SSSR count). The highest BCUT2D eigenvalue weighted by Gasteiger charge is 2.78. The van der Waals surface area contributed by atoms with E-state index >= 15 is 0 Å². The number of hydrogen-bond donors (Lipinski definition) is 2. The number of ketones is 1. The highest BCUT2D eigenvalue weighted by atomic mass is 19.3. The van der Waals surface area contributed by atoms with Gasteiger partial charge in [0.2, 0.25) is 11.6 Å². The Labute approximate surface area is 153 Å². The summed E-state index contributed by atoms with van der Waals surface area (Å²) >= 11 is 0. The largest absolute Gasteiger partial charge is 0.456 e. The molecule has 10 heteroatoms. The van der Waals surface area contributed by atoms with E-state index in [1.807, 2.05) is 0 Å². The number of benzene rings is 2. The van der Waals surface area contributed by atoms with Gasteiger partial charge in [0.15, 0.2) is 0 Å². The lowest BCUT2D eigenvalue weighted by molar-refractivity contribution is -0.260. The van der Waals surface area contributed by atoms with Gasteiger partial charge >= 0.3 is 11.8 Å². The van der Waals surface area contributed by atoms with Crippen LogP contribution in [-0.4, -0.2) is 27.7 Å². The first-order valence-corrected chi connectivity index (χ1v) is 7.74. The van der Waals surface area contributed by atoms with Crippen LogP contribution in [0.1, 0.15) is 33.0 Å². The first-order valence-electron chi connectivity index (χ1n) is 7.74. The van der Waals surface area contributed by atoms with E-state index in [9.17, 15) is 37.0 Å². The fourth-order valence-electron chi connectivity index (χ4n) is 3.62. The normalized spacial score (nSPS) is 22.6. The predicted octanol–water partition coefficient (Wildman–Crippen LogP) is 3.19. The summed E-state index contributed by atoms with van der Waals surface area (Å²) in [4.78, 5) is 12.3. The van der Waals surface area contributed by atoms with Crippen LogP contribution in [-0.2, 0) is 5.92 Å². The molecule has 0 saturated heterocycles. The molecule has 0 saturated carbocycles. The van der Waals surface area contributed by atoms with Gasteiger partial charge in [0.1, 0.15) is 23.2 Å². The third-order valence-electron chi connectivity index (χ3n) is 4.81. The molecule has 0 heterocycles. The lowest BCUT2D eigenvalue weighted by Gasteiger charge is -2.29. The van der Waals surface area contributed by atoms with Crippen LogP contribution >= 0.6 is 0 Å². The quantitative estimate of drug-likeness (QED) is 0.600. The van der Waals surface area contributed by atoms with Crippen LogP contribution in [0.15, 0.2) is 30.3 Å². The van der Waals surface area contributed by atoms with Gasteiger partial charge in [-0.25, -0.2) is 4.39 Å². The summed E-state index contributed by atoms with van der Waals surface area (Å²) in [7, 11) is 0. The molecule has 0 aromatic heterocycles. The van der Waals surface area contributed by atoms with Gasteiger partial charge in [-0.05, 0) is 29.8 Å². The van der Waals surface area contributed by atoms with Crippen molar-refractivity contribution in [1.29, 1.82) is 5.26 Å². The Morgan fingerprint density at radius 3 is 2.43 bits per heavy atom. The fraction of sp³-hybridized carbons (Fsp3) is 0.222. The summed E-state index contributed by atoms with van der Waals surface area (Å²) in [5.74, 6) is -19.7. The van der Waals surface area contributed by atoms with Crippen LogP contribution in [0.2, 0.25) is 0 Å². The number of alkyl halides is 4. The Kier molecular flexibility index (Phi) is 3.45. The molecule has 0 fully saturated rings. The number of hydrogen-bond acceptors (Lipinski definition) is 5. The Bertz CT molecular complexity index is 1090. The van der Waals surface area contributed by atoms with Crippen molar-refractivity contribution >= 4 is 5.78 Å². The van der Waals surface area contributed by atoms with Crippen molar-refractivity contribution in [2.24, 2.45) is 0 Å². The van der Waals surface area contributed by atoms with Gasteiger partial charge < -0.3 is 14.9 Å². The van der Waals surface area contributed by atoms with Crippen molar-refractivity contribution in [2.75, 3.05) is 0 Å². The number of nitrogens with zero attached hydrogens (tertiary/aromatic N) is 1. The van der Waals surface area contributed by atoms with Crippen LogP contribution in [0.25, 0.3) is 0 Å². The molecule has 0 spiro atoms. The summed E-state index contributed by atoms with van der Waals surface area (Å²) in [5.41, 5.74) is -3.17. The lowest BCUT2D eigenvalue weighted by Crippen LogP contribution is -2.49. The molecule has 144 valence electrons. The topological polar surface area (TPSA) is 90.5 Å². The van der Waals surface area contributed by atoms with Crippen molar-refractivity contribution in [3.05, 3.63) is 58.4 Å². The molecule has 0 bridgehead atoms. The number of aliphatic hydroxyl groups is 2. The first-order chi connectivity index (χ1) is 12.9. The summed E-state index contributed by atoms with van der Waals surface area (Å²) in [5, 5.41) is 28.6. The van der Waals surface area contributed by atoms with Crippen molar-refractivity contribution in [3.8, 4) is 17.6 Å². The van der Waals surface area contributed by atoms with Gasteiger partial charge in [-0.1, -0.05) is 0 Å². The molecule has 2 aliphatic rings. The molecule has 1 unspecified atom stereocenters. The highest BCUT2D eigenvalue weighted by Crippen LogP contribution is 2.66. The molecule has 2 aliphatic carbocycles. The van der Waals surface area contributed by atoms with Crippen LogP contribution in [0.3, 0.4) is 0 Å². The Morgan fingerprint density at radius 2 is 1.79 bits per heavy atom. The SMILES string of the molecule is N#Cc1cc(F)cc(Oc2ccc3c4c2C(=O)C(O)(O)C4C(F)(F)C3(F)F)c1. The fourth-order valence-corrected chi connectivity index (χ4v) is 3.62. The molecular formula is C18H8F5NO4. The third kappa shape index (κ3) is 2.08. The Morgan fingerprint density at radius 1 is 1.11 bits per heavy atom. The number of halogens is 5. The van der Waals surface area contributed by atoms with Crippen LogP contribution < -0.4 is 4.74 Å². The van der Waals surface area contributed by atoms with E-state index in [-0.39, 0.29) is 11.3 Å². The number of nitriles is 1. The summed E-state index contributed by atoms with van der Waals surface area (Å²) in [6.07, 6.45) is 0. The van der Waals surface area contributed by atoms with Crippen molar-refractivity contribution in [2.45, 2.75) is 23.6 Å². The van der Waals surface area contributed by atoms with Crippen molar-refractivity contribution in [3.63, 3.8) is 0 Å². The molecule has 1 atom stereocenters. The van der Waals surface area contributed by atoms with Crippen LogP contribution in [0.4, 0.5) is 22.0 Å². The average molecular weight is 397 g/mol. The second kappa shape index (κ2) is 5.27. The molecule has 28 heavy (non-hydrogen) atoms. The predicted molar refractivity (Wildman–Crippen MR) is 80.7 cm³/mol. The van der Waals surface area contributed by atoms with Crippen LogP contribution in [0.5, 0.6) is 11.5 Å². The minimum atomic E-state index is -4.94. The molecule has 0 radical (unpaired) electrons. The third-order valence-corrected chi connectivity index (χ3v) is 4.81. The molecule has 0 aliphatic heterocycles. The molecule has 2 aromatic carbocycles. The van der Waals surface area contributed by atoms with E-state index in [2.05, 4.69) is 0 Å². The smallest absolute Gasteiger partial charge is 0.336 e. The molecule has 5 nitrogen and oxygen atoms in total. The van der Waals surface area contributed by atoms with Gasteiger partial charge in [0.05, 0.1) is 17.2 Å². The first kappa shape index (κ1) is 18.3. The molecule has 2 N–H and O–H groups in total. The van der Waals surface area contributed by atoms with E-state index in [4.69, 9.17) is 10.00 Å². The Balaban J connectivity index is 1.92. The zero-order valence-corrected chi connectivity index (χ0v) is 13.5. The van der Waals surface area contributed by atoms with Gasteiger partial charge in [0.25, 0.3) is 0 Å². The Hall–Kier alpha value is -3.03. The number of ether oxygens (including phenoxy) is 1. The van der Waals surface area contributed by atoms with E-state index in [0.717, 1.165) is 24.3 Å². The summed E-state index contributed by atoms with van der Waals surface area (Å²) in [6, 6.07) is 5.76. The molecule has 0 amide bonds. The van der Waals surface area contributed by atoms with Gasteiger partial charge in [-0.15, -0.1) is 0 Å². The highest BCUT2D eigenvalue weighted by molar-refractivity contribution is 6.10. The van der Waals surface area contributed by atoms with Crippen molar-refractivity contribution < 1.29 is 41.7 Å². The van der Waals surface area contributed by atoms with Gasteiger partial charge in [-0.3, -0.25) is 4.79 Å². The molecule has 2 aromatic rings. The summed E-state index contributed by atoms with van der Waals surface area (Å²) < 4.78 is 75.6. The second-order valence-electron chi connectivity index (χ2n) is 6.48. The minimum absolute atomic E-state index is 0.159. The van der Waals surface area contributed by atoms with E-state index in [1.54, 1.807) is 6.07 Å². The summed E-state index contributed by atoms with van der Waals surface area (Å²) in [6.45, 7) is 0. The van der Waals surface area contributed by atoms with Gasteiger partial charge in [-0.2, -0.15) is 22.8 Å². The van der Waals surface area contributed by atoms with E-state index in [0.29, 0.717) is 6.07 Å². The number of Topliss-reactive ketones (excluding diaryl/α,β-unsaturated/α-hetero) is 1. The number of carbonyl (C=O) groups excluding carboxylic acids is 1. The lowest BCUT2D eigenvalue weighted by atomic mass is 9.95. The minimum Gasteiger partial charge on any atom is -0.456 e. The zero-order valence-electron chi connectivity index (χ0n) is 13.5. The van der Waals surface area contributed by atoms with E-state index in [1.165, 1.54) is 0 Å². The maximum absolute atomic E-state index is 14.2. The monoisotopic (exact) mass is 397 g/mol. The zero-order chi connectivity index (χ0) is 20.6. The molecular weight excluding hydrogens is 389 g/mol. The van der Waals surface area contributed by atoms with Gasteiger partial charge in [0, 0.05) is 11.6 Å².